The van der Waals surface area contributed by atoms with Crippen molar-refractivity contribution in [2.24, 2.45) is 0 Å². The van der Waals surface area contributed by atoms with Crippen molar-refractivity contribution >= 4 is 22.6 Å². The van der Waals surface area contributed by atoms with Gasteiger partial charge in [0.15, 0.2) is 0 Å². The zero-order chi connectivity index (χ0) is 15.5. The number of aliphatic carboxylic acids is 1. The predicted molar refractivity (Wildman–Crippen MR) is 68.4 cm³/mol. The van der Waals surface area contributed by atoms with Crippen LogP contribution in [0.15, 0.2) is 0 Å². The van der Waals surface area contributed by atoms with Crippen molar-refractivity contribution in [1.82, 2.24) is 9.36 Å². The molecule has 118 valence electrons. The van der Waals surface area contributed by atoms with E-state index in [4.69, 9.17) is 9.84 Å². The zero-order valence-corrected chi connectivity index (χ0v) is 11.8. The number of hydrogen-bond donors (Lipinski definition) is 1. The van der Waals surface area contributed by atoms with Gasteiger partial charge < -0.3 is 14.7 Å². The van der Waals surface area contributed by atoms with E-state index in [0.29, 0.717) is 25.9 Å². The Hall–Kier alpha value is -1.42. The molecule has 0 aromatic carbocycles. The second-order valence-corrected chi connectivity index (χ2v) is 5.33. The summed E-state index contributed by atoms with van der Waals surface area (Å²) in [5.74, 6) is -2.02. The van der Waals surface area contributed by atoms with Crippen LogP contribution in [0.3, 0.4) is 0 Å². The molecule has 1 aromatic heterocycles. The third-order valence-corrected chi connectivity index (χ3v) is 3.83. The van der Waals surface area contributed by atoms with Crippen molar-refractivity contribution in [1.29, 1.82) is 0 Å². The number of nitrogens with zero attached hydrogens (tertiary/aromatic N) is 3. The van der Waals surface area contributed by atoms with E-state index in [9.17, 15) is 18.0 Å². The molecule has 10 heteroatoms. The summed E-state index contributed by atoms with van der Waals surface area (Å²) in [6.07, 6.45) is -3.38. The van der Waals surface area contributed by atoms with E-state index in [1.54, 1.807) is 4.90 Å². The molecule has 6 nitrogen and oxygen atoms in total. The first-order valence-electron chi connectivity index (χ1n) is 6.35. The highest BCUT2D eigenvalue weighted by molar-refractivity contribution is 7.09. The highest BCUT2D eigenvalue weighted by Gasteiger charge is 2.37. The standard InChI is InChI=1S/C11H14F3N3O3S/c12-11(13,14)9-15-10(21-16-9)17-4-1-7(2-5-17)20-6-3-8(18)19/h7H,1-6H2,(H,18,19). The number of ether oxygens (including phenoxy) is 1. The molecule has 1 aromatic rings. The highest BCUT2D eigenvalue weighted by atomic mass is 32.1. The molecule has 1 aliphatic heterocycles. The highest BCUT2D eigenvalue weighted by Crippen LogP contribution is 2.31. The number of carbonyl (C=O) groups is 1. The molecular weight excluding hydrogens is 311 g/mol. The molecule has 0 aliphatic carbocycles. The Labute approximate surface area is 122 Å². The number of anilines is 1. The first kappa shape index (κ1) is 16.0. The molecule has 0 spiro atoms. The van der Waals surface area contributed by atoms with Crippen LogP contribution in [0, 0.1) is 0 Å². The van der Waals surface area contributed by atoms with Gasteiger partial charge in [0.2, 0.25) is 11.0 Å². The van der Waals surface area contributed by atoms with Crippen LogP contribution in [0.4, 0.5) is 18.3 Å². The average Bonchev–Trinajstić information content (AvgIpc) is 2.88. The van der Waals surface area contributed by atoms with Crippen LogP contribution in [0.1, 0.15) is 25.1 Å². The smallest absolute Gasteiger partial charge is 0.452 e. The Morgan fingerprint density at radius 3 is 2.62 bits per heavy atom. The van der Waals surface area contributed by atoms with Gasteiger partial charge in [-0.2, -0.15) is 22.5 Å². The number of alkyl halides is 3. The van der Waals surface area contributed by atoms with Gasteiger partial charge in [-0.1, -0.05) is 0 Å². The quantitative estimate of drug-likeness (QED) is 0.892. The second kappa shape index (κ2) is 6.56. The summed E-state index contributed by atoms with van der Waals surface area (Å²) in [6, 6.07) is 0. The van der Waals surface area contributed by atoms with Gasteiger partial charge in [0.1, 0.15) is 0 Å². The second-order valence-electron chi connectivity index (χ2n) is 4.60. The lowest BCUT2D eigenvalue weighted by molar-refractivity contribution is -0.144. The van der Waals surface area contributed by atoms with Crippen LogP contribution in [0.2, 0.25) is 0 Å². The zero-order valence-electron chi connectivity index (χ0n) is 11.0. The Kier molecular flexibility index (Phi) is 4.99. The lowest BCUT2D eigenvalue weighted by atomic mass is 10.1. The van der Waals surface area contributed by atoms with Gasteiger partial charge in [0.05, 0.1) is 19.1 Å². The van der Waals surface area contributed by atoms with Crippen LogP contribution in [0.25, 0.3) is 0 Å². The Morgan fingerprint density at radius 2 is 2.10 bits per heavy atom. The number of halogens is 3. The van der Waals surface area contributed by atoms with E-state index in [-0.39, 0.29) is 24.3 Å². The van der Waals surface area contributed by atoms with Crippen molar-refractivity contribution in [3.8, 4) is 0 Å². The van der Waals surface area contributed by atoms with Gasteiger partial charge in [-0.15, -0.1) is 0 Å². The fourth-order valence-corrected chi connectivity index (χ4v) is 2.72. The molecule has 0 atom stereocenters. The van der Waals surface area contributed by atoms with E-state index >= 15 is 0 Å². The summed E-state index contributed by atoms with van der Waals surface area (Å²) in [5, 5.41) is 8.76. The number of rotatable bonds is 5. The third kappa shape index (κ3) is 4.53. The van der Waals surface area contributed by atoms with Gasteiger partial charge in [-0.05, 0) is 12.8 Å². The molecule has 0 amide bonds. The van der Waals surface area contributed by atoms with E-state index in [1.165, 1.54) is 0 Å². The molecule has 0 unspecified atom stereocenters. The Balaban J connectivity index is 1.81. The molecule has 2 heterocycles. The van der Waals surface area contributed by atoms with Crippen molar-refractivity contribution in [3.05, 3.63) is 5.82 Å². The predicted octanol–water partition coefficient (Wildman–Crippen LogP) is 2.02. The van der Waals surface area contributed by atoms with Crippen LogP contribution >= 0.6 is 11.5 Å². The van der Waals surface area contributed by atoms with Gasteiger partial charge in [0.25, 0.3) is 0 Å². The normalized spacial score (nSPS) is 17.2. The van der Waals surface area contributed by atoms with Crippen LogP contribution in [-0.2, 0) is 15.7 Å². The van der Waals surface area contributed by atoms with Gasteiger partial charge in [-0.3, -0.25) is 4.79 Å². The molecule has 21 heavy (non-hydrogen) atoms. The van der Waals surface area contributed by atoms with Crippen LogP contribution in [-0.4, -0.2) is 46.2 Å². The maximum absolute atomic E-state index is 12.4. The van der Waals surface area contributed by atoms with Gasteiger partial charge >= 0.3 is 12.1 Å². The van der Waals surface area contributed by atoms with E-state index in [1.807, 2.05) is 0 Å². The molecule has 1 saturated heterocycles. The Bertz CT molecular complexity index is 487. The largest absolute Gasteiger partial charge is 0.481 e. The number of hydrogen-bond acceptors (Lipinski definition) is 6. The summed E-state index contributed by atoms with van der Waals surface area (Å²) in [4.78, 5) is 15.6. The van der Waals surface area contributed by atoms with Crippen molar-refractivity contribution in [3.63, 3.8) is 0 Å². The van der Waals surface area contributed by atoms with Crippen LogP contribution in [0.5, 0.6) is 0 Å². The summed E-state index contributed by atoms with van der Waals surface area (Å²) in [6.45, 7) is 1.19. The molecule has 1 fully saturated rings. The SMILES string of the molecule is O=C(O)CCOC1CCN(c2nc(C(F)(F)F)ns2)CC1. The number of carboxylic acid groups (broad SMARTS) is 1. The lowest BCUT2D eigenvalue weighted by Crippen LogP contribution is -2.37. The Morgan fingerprint density at radius 1 is 1.43 bits per heavy atom. The molecule has 1 aliphatic rings. The number of piperidine rings is 1. The summed E-state index contributed by atoms with van der Waals surface area (Å²) in [7, 11) is 0. The van der Waals surface area contributed by atoms with Gasteiger partial charge in [0, 0.05) is 24.6 Å². The first-order valence-corrected chi connectivity index (χ1v) is 7.13. The maximum Gasteiger partial charge on any atom is 0.452 e. The minimum atomic E-state index is -4.52. The minimum absolute atomic E-state index is 0.0500. The fraction of sp³-hybridized carbons (Fsp3) is 0.727. The number of carboxylic acids is 1. The van der Waals surface area contributed by atoms with Crippen LogP contribution < -0.4 is 4.90 Å². The van der Waals surface area contributed by atoms with Gasteiger partial charge in [-0.25, -0.2) is 0 Å². The van der Waals surface area contributed by atoms with E-state index in [2.05, 4.69) is 9.36 Å². The monoisotopic (exact) mass is 325 g/mol. The first-order chi connectivity index (χ1) is 9.86. The average molecular weight is 325 g/mol. The van der Waals surface area contributed by atoms with Crippen molar-refractivity contribution < 1.29 is 27.8 Å². The van der Waals surface area contributed by atoms with Crippen molar-refractivity contribution in [2.45, 2.75) is 31.5 Å². The molecule has 0 saturated carbocycles. The van der Waals surface area contributed by atoms with E-state index < -0.39 is 18.0 Å². The van der Waals surface area contributed by atoms with Crippen molar-refractivity contribution in [2.75, 3.05) is 24.6 Å². The lowest BCUT2D eigenvalue weighted by Gasteiger charge is -2.31. The molecule has 0 bridgehead atoms. The molecule has 1 N–H and O–H groups in total. The molecule has 0 radical (unpaired) electrons. The topological polar surface area (TPSA) is 75.6 Å². The fourth-order valence-electron chi connectivity index (χ4n) is 1.99. The number of aromatic nitrogens is 2. The summed E-state index contributed by atoms with van der Waals surface area (Å²) in [5.41, 5.74) is 0. The summed E-state index contributed by atoms with van der Waals surface area (Å²) < 4.78 is 46.0. The summed E-state index contributed by atoms with van der Waals surface area (Å²) >= 11 is 0.732. The molecule has 2 rings (SSSR count). The third-order valence-electron chi connectivity index (χ3n) is 3.05. The molecular formula is C11H14F3N3O3S. The maximum atomic E-state index is 12.4. The van der Waals surface area contributed by atoms with E-state index in [0.717, 1.165) is 11.5 Å². The minimum Gasteiger partial charge on any atom is -0.481 e.